The van der Waals surface area contributed by atoms with Gasteiger partial charge in [0, 0.05) is 42.3 Å². The van der Waals surface area contributed by atoms with Gasteiger partial charge in [-0.1, -0.05) is 91.9 Å². The zero-order chi connectivity index (χ0) is 43.5. The second-order valence-corrected chi connectivity index (χ2v) is 22.3. The van der Waals surface area contributed by atoms with Gasteiger partial charge in [0.1, 0.15) is 5.75 Å². The number of benzene rings is 5. The molecular formula is C49H50N4O8Si. The second-order valence-electron chi connectivity index (χ2n) is 17.6. The van der Waals surface area contributed by atoms with Crippen LogP contribution in [0.3, 0.4) is 0 Å². The van der Waals surface area contributed by atoms with Crippen LogP contribution in [0.2, 0.25) is 18.6 Å². The van der Waals surface area contributed by atoms with Crippen LogP contribution in [-0.4, -0.2) is 66.6 Å². The number of nitrogens with zero attached hydrogens (tertiary/aromatic N) is 4. The van der Waals surface area contributed by atoms with Crippen molar-refractivity contribution >= 4 is 53.7 Å². The monoisotopic (exact) mass is 850 g/mol. The van der Waals surface area contributed by atoms with Crippen molar-refractivity contribution in [2.45, 2.75) is 82.1 Å². The quantitative estimate of drug-likeness (QED) is 0.0876. The molecule has 5 atom stereocenters. The number of hydrogen-bond acceptors (Lipinski definition) is 8. The van der Waals surface area contributed by atoms with E-state index in [9.17, 15) is 24.8 Å². The Balaban J connectivity index is 1.12. The first-order chi connectivity index (χ1) is 29.8. The Bertz CT molecular complexity index is 2600. The van der Waals surface area contributed by atoms with E-state index in [0.29, 0.717) is 48.5 Å². The molecule has 1 N–H and O–H groups in total. The highest BCUT2D eigenvalue weighted by Crippen LogP contribution is 2.60. The molecule has 5 aromatic rings. The van der Waals surface area contributed by atoms with Crippen LogP contribution in [0, 0.1) is 16.0 Å². The van der Waals surface area contributed by atoms with Crippen LogP contribution in [0.4, 0.5) is 22.7 Å². The fourth-order valence-corrected chi connectivity index (χ4v) is 14.8. The lowest BCUT2D eigenvalue weighted by Crippen LogP contribution is -2.52. The predicted molar refractivity (Wildman–Crippen MR) is 238 cm³/mol. The van der Waals surface area contributed by atoms with Crippen LogP contribution in [0.5, 0.6) is 5.75 Å². The molecule has 9 rings (SSSR count). The molecule has 1 saturated heterocycles. The Labute approximate surface area is 361 Å². The molecule has 4 aliphatic heterocycles. The fourth-order valence-electron chi connectivity index (χ4n) is 10.8. The SMILES string of the molecule is COc1ccc([Si](C)(C)[C@@H]2[C@@H](CC(=O)N3Cc4ccccc4C[C@H]3CO)O[C@]3(C(=O)N(Cc4cccc(N5C(=O)CCc6ccccc65)c4)c4ccc([N+](=O)[O-])cc43)[C@H]2C)cc1. The number of amides is 3. The molecular weight excluding hydrogens is 801 g/mol. The highest BCUT2D eigenvalue weighted by atomic mass is 28.3. The number of carbonyl (C=O) groups excluding carboxylic acids is 3. The molecule has 62 heavy (non-hydrogen) atoms. The minimum Gasteiger partial charge on any atom is -0.497 e. The van der Waals surface area contributed by atoms with E-state index in [1.165, 1.54) is 12.1 Å². The molecule has 12 nitrogen and oxygen atoms in total. The third-order valence-electron chi connectivity index (χ3n) is 13.9. The van der Waals surface area contributed by atoms with E-state index in [1.807, 2.05) is 104 Å². The molecule has 5 aromatic carbocycles. The summed E-state index contributed by atoms with van der Waals surface area (Å²) in [6.07, 6.45) is 0.762. The summed E-state index contributed by atoms with van der Waals surface area (Å²) in [6, 6.07) is 35.4. The highest BCUT2D eigenvalue weighted by Gasteiger charge is 2.67. The minimum atomic E-state index is -2.69. The topological polar surface area (TPSA) is 143 Å². The van der Waals surface area contributed by atoms with Gasteiger partial charge in [0.05, 0.1) is 63.2 Å². The normalized spacial score (nSPS) is 23.0. The Morgan fingerprint density at radius 3 is 2.35 bits per heavy atom. The molecule has 0 bridgehead atoms. The number of aryl methyl sites for hydroxylation is 1. The van der Waals surface area contributed by atoms with E-state index in [1.54, 1.807) is 27.9 Å². The lowest BCUT2D eigenvalue weighted by atomic mass is 9.82. The molecule has 0 radical (unpaired) electrons. The van der Waals surface area contributed by atoms with Crippen molar-refractivity contribution in [3.63, 3.8) is 0 Å². The number of para-hydroxylation sites is 1. The number of rotatable bonds is 10. The van der Waals surface area contributed by atoms with Crippen LogP contribution in [0.25, 0.3) is 0 Å². The van der Waals surface area contributed by atoms with E-state index < -0.39 is 36.7 Å². The van der Waals surface area contributed by atoms with E-state index in [2.05, 4.69) is 13.1 Å². The smallest absolute Gasteiger partial charge is 0.269 e. The van der Waals surface area contributed by atoms with E-state index in [0.717, 1.165) is 33.1 Å². The number of non-ortho nitro benzene ring substituents is 1. The number of nitro groups is 1. The zero-order valence-corrected chi connectivity index (χ0v) is 36.3. The van der Waals surface area contributed by atoms with Crippen LogP contribution in [0.1, 0.15) is 47.6 Å². The minimum absolute atomic E-state index is 0.0165. The first-order valence-corrected chi connectivity index (χ1v) is 24.3. The van der Waals surface area contributed by atoms with Crippen molar-refractivity contribution in [3.8, 4) is 5.75 Å². The van der Waals surface area contributed by atoms with Crippen LogP contribution >= 0.6 is 0 Å². The van der Waals surface area contributed by atoms with E-state index >= 15 is 4.79 Å². The Morgan fingerprint density at radius 2 is 1.63 bits per heavy atom. The number of carbonyl (C=O) groups is 3. The first kappa shape index (κ1) is 41.2. The lowest BCUT2D eigenvalue weighted by Gasteiger charge is -2.39. The molecule has 4 aliphatic rings. The predicted octanol–water partition coefficient (Wildman–Crippen LogP) is 7.31. The lowest BCUT2D eigenvalue weighted by molar-refractivity contribution is -0.385. The number of aliphatic hydroxyl groups excluding tert-OH is 1. The Morgan fingerprint density at radius 1 is 0.903 bits per heavy atom. The Hall–Kier alpha value is -6.15. The molecule has 0 saturated carbocycles. The van der Waals surface area contributed by atoms with Crippen LogP contribution < -0.4 is 19.7 Å². The van der Waals surface area contributed by atoms with E-state index in [4.69, 9.17) is 9.47 Å². The maximum absolute atomic E-state index is 15.6. The number of fused-ring (bicyclic) bond motifs is 4. The van der Waals surface area contributed by atoms with Gasteiger partial charge in [-0.25, -0.2) is 0 Å². The first-order valence-electron chi connectivity index (χ1n) is 21.3. The summed E-state index contributed by atoms with van der Waals surface area (Å²) >= 11 is 0. The van der Waals surface area contributed by atoms with Crippen molar-refractivity contribution in [3.05, 3.63) is 153 Å². The molecule has 1 fully saturated rings. The summed E-state index contributed by atoms with van der Waals surface area (Å²) in [6.45, 7) is 6.68. The van der Waals surface area contributed by atoms with Gasteiger partial charge in [0.25, 0.3) is 11.6 Å². The number of methoxy groups -OCH3 is 1. The number of anilines is 3. The number of nitro benzene ring substituents is 1. The molecule has 4 heterocycles. The van der Waals surface area contributed by atoms with Gasteiger partial charge in [0.15, 0.2) is 5.60 Å². The van der Waals surface area contributed by atoms with Crippen molar-refractivity contribution in [1.82, 2.24) is 4.90 Å². The average Bonchev–Trinajstić information content (AvgIpc) is 3.71. The number of hydrogen-bond donors (Lipinski definition) is 1. The number of aliphatic hydroxyl groups is 1. The van der Waals surface area contributed by atoms with Gasteiger partial charge in [-0.3, -0.25) is 29.4 Å². The summed E-state index contributed by atoms with van der Waals surface area (Å²) < 4.78 is 12.7. The largest absolute Gasteiger partial charge is 0.497 e. The average molecular weight is 851 g/mol. The number of ether oxygens (including phenoxy) is 2. The van der Waals surface area contributed by atoms with Gasteiger partial charge in [-0.2, -0.15) is 0 Å². The molecule has 0 unspecified atom stereocenters. The maximum atomic E-state index is 15.6. The van der Waals surface area contributed by atoms with Crippen molar-refractivity contribution in [1.29, 1.82) is 0 Å². The van der Waals surface area contributed by atoms with Gasteiger partial charge in [-0.15, -0.1) is 0 Å². The molecule has 0 aromatic heterocycles. The molecule has 0 aliphatic carbocycles. The summed E-state index contributed by atoms with van der Waals surface area (Å²) in [7, 11) is -1.07. The molecule has 13 heteroatoms. The summed E-state index contributed by atoms with van der Waals surface area (Å²) in [5, 5.41) is 24.0. The summed E-state index contributed by atoms with van der Waals surface area (Å²) in [5.74, 6) is -0.378. The standard InChI is InChI=1S/C49H50N4O8Si/c1-31-47(62(3,4)40-20-18-39(60-2)19-21-40)44(27-46(56)50-29-35-13-6-5-12-34(35)25-38(50)30-54)61-49(31)41-26-37(53(58)59)17-22-43(41)51(48(49)57)28-32-10-9-14-36(24-32)52-42-15-8-7-11-33(42)16-23-45(52)55/h5-15,17-22,24,26,31,38,44,47,54H,16,23,25,27-30H2,1-4H3/t31-,38-,44+,47-,49+/m0/s1. The zero-order valence-electron chi connectivity index (χ0n) is 35.3. The van der Waals surface area contributed by atoms with Crippen LogP contribution in [0.15, 0.2) is 115 Å². The van der Waals surface area contributed by atoms with Gasteiger partial charge in [-0.05, 0) is 77.0 Å². The maximum Gasteiger partial charge on any atom is 0.269 e. The third-order valence-corrected chi connectivity index (χ3v) is 18.3. The van der Waals surface area contributed by atoms with Gasteiger partial charge >= 0.3 is 0 Å². The highest BCUT2D eigenvalue weighted by molar-refractivity contribution is 6.91. The van der Waals surface area contributed by atoms with Gasteiger partial charge in [0.2, 0.25) is 11.8 Å². The molecule has 318 valence electrons. The van der Waals surface area contributed by atoms with Crippen molar-refractivity contribution in [2.75, 3.05) is 23.5 Å². The molecule has 3 amide bonds. The molecule has 1 spiro atoms. The van der Waals surface area contributed by atoms with Crippen molar-refractivity contribution < 1.29 is 33.9 Å². The third kappa shape index (κ3) is 6.79. The van der Waals surface area contributed by atoms with Gasteiger partial charge < -0.3 is 24.4 Å². The summed E-state index contributed by atoms with van der Waals surface area (Å²) in [5.41, 5.74) is 4.24. The fraction of sp³-hybridized carbons (Fsp3) is 0.327. The van der Waals surface area contributed by atoms with Crippen LogP contribution in [-0.2, 0) is 50.7 Å². The second kappa shape index (κ2) is 16.0. The Kier molecular flexibility index (Phi) is 10.6. The van der Waals surface area contributed by atoms with E-state index in [-0.39, 0.29) is 48.5 Å². The van der Waals surface area contributed by atoms with Crippen molar-refractivity contribution in [2.24, 2.45) is 5.92 Å². The summed E-state index contributed by atoms with van der Waals surface area (Å²) in [4.78, 5) is 60.7.